The Morgan fingerprint density at radius 2 is 2.00 bits per heavy atom. The number of amides is 2. The molecule has 144 valence electrons. The van der Waals surface area contributed by atoms with Gasteiger partial charge in [-0.05, 0) is 24.6 Å². The van der Waals surface area contributed by atoms with E-state index in [2.05, 4.69) is 20.8 Å². The summed E-state index contributed by atoms with van der Waals surface area (Å²) in [5.74, 6) is 1.85. The van der Waals surface area contributed by atoms with E-state index in [4.69, 9.17) is 9.15 Å². The highest BCUT2D eigenvalue weighted by molar-refractivity contribution is 5.74. The molecule has 0 bridgehead atoms. The zero-order chi connectivity index (χ0) is 19.3. The van der Waals surface area contributed by atoms with Gasteiger partial charge in [0.15, 0.2) is 0 Å². The summed E-state index contributed by atoms with van der Waals surface area (Å²) in [6.45, 7) is 3.01. The number of aryl methyl sites for hydroxylation is 1. The van der Waals surface area contributed by atoms with Gasteiger partial charge in [-0.2, -0.15) is 0 Å². The van der Waals surface area contributed by atoms with Crippen LogP contribution in [0.3, 0.4) is 0 Å². The quantitative estimate of drug-likeness (QED) is 0.710. The SMILES string of the molecule is Cc1cccc2c1OCC[C@@H]2NC(=O)NCCc1nnc(-c2ccccc2)o1. The maximum absolute atomic E-state index is 12.3. The first-order valence-electron chi connectivity index (χ1n) is 9.35. The van der Waals surface area contributed by atoms with Crippen LogP contribution in [-0.4, -0.2) is 29.4 Å². The van der Waals surface area contributed by atoms with Crippen LogP contribution in [0.1, 0.15) is 29.5 Å². The fraction of sp³-hybridized carbons (Fsp3) is 0.286. The fourth-order valence-electron chi connectivity index (χ4n) is 3.28. The molecule has 2 heterocycles. The Bertz CT molecular complexity index is 955. The van der Waals surface area contributed by atoms with Gasteiger partial charge in [-0.15, -0.1) is 10.2 Å². The van der Waals surface area contributed by atoms with Crippen molar-refractivity contribution >= 4 is 6.03 Å². The molecule has 0 spiro atoms. The van der Waals surface area contributed by atoms with Crippen LogP contribution in [0.15, 0.2) is 52.9 Å². The third kappa shape index (κ3) is 3.98. The van der Waals surface area contributed by atoms with Gasteiger partial charge in [0, 0.05) is 30.5 Å². The van der Waals surface area contributed by atoms with Crippen LogP contribution in [0.25, 0.3) is 11.5 Å². The maximum atomic E-state index is 12.3. The first-order valence-corrected chi connectivity index (χ1v) is 9.35. The normalized spacial score (nSPS) is 15.4. The highest BCUT2D eigenvalue weighted by atomic mass is 16.5. The summed E-state index contributed by atoms with van der Waals surface area (Å²) < 4.78 is 11.4. The van der Waals surface area contributed by atoms with Gasteiger partial charge in [-0.3, -0.25) is 0 Å². The van der Waals surface area contributed by atoms with E-state index in [1.165, 1.54) is 0 Å². The summed E-state index contributed by atoms with van der Waals surface area (Å²) in [5, 5.41) is 14.0. The number of para-hydroxylation sites is 1. The molecule has 1 aliphatic rings. The van der Waals surface area contributed by atoms with Crippen molar-refractivity contribution < 1.29 is 13.9 Å². The number of carbonyl (C=O) groups is 1. The lowest BCUT2D eigenvalue weighted by Gasteiger charge is -2.27. The molecule has 0 radical (unpaired) electrons. The summed E-state index contributed by atoms with van der Waals surface area (Å²) in [6, 6.07) is 15.3. The Hall–Kier alpha value is -3.35. The first-order chi connectivity index (χ1) is 13.7. The van der Waals surface area contributed by atoms with Crippen LogP contribution in [0.5, 0.6) is 5.75 Å². The molecule has 0 aliphatic carbocycles. The van der Waals surface area contributed by atoms with Crippen molar-refractivity contribution in [1.29, 1.82) is 0 Å². The zero-order valence-electron chi connectivity index (χ0n) is 15.6. The Morgan fingerprint density at radius 1 is 1.14 bits per heavy atom. The number of urea groups is 1. The second-order valence-corrected chi connectivity index (χ2v) is 6.70. The van der Waals surface area contributed by atoms with Crippen molar-refractivity contribution in [1.82, 2.24) is 20.8 Å². The van der Waals surface area contributed by atoms with Gasteiger partial charge in [-0.1, -0.05) is 36.4 Å². The van der Waals surface area contributed by atoms with E-state index in [0.717, 1.165) is 28.9 Å². The number of hydrogen-bond acceptors (Lipinski definition) is 5. The van der Waals surface area contributed by atoms with Gasteiger partial charge in [0.25, 0.3) is 0 Å². The lowest BCUT2D eigenvalue weighted by atomic mass is 9.98. The number of ether oxygens (including phenoxy) is 1. The monoisotopic (exact) mass is 378 g/mol. The van der Waals surface area contributed by atoms with Crippen LogP contribution in [0.2, 0.25) is 0 Å². The van der Waals surface area contributed by atoms with Crippen LogP contribution < -0.4 is 15.4 Å². The molecule has 0 saturated carbocycles. The average Bonchev–Trinajstić information content (AvgIpc) is 3.18. The highest BCUT2D eigenvalue weighted by Crippen LogP contribution is 2.34. The first kappa shape index (κ1) is 18.0. The minimum atomic E-state index is -0.220. The number of fused-ring (bicyclic) bond motifs is 1. The Kier molecular flexibility index (Phi) is 5.23. The van der Waals surface area contributed by atoms with E-state index >= 15 is 0 Å². The third-order valence-electron chi connectivity index (χ3n) is 4.69. The topological polar surface area (TPSA) is 89.3 Å². The summed E-state index contributed by atoms with van der Waals surface area (Å²) in [5.41, 5.74) is 2.97. The minimum absolute atomic E-state index is 0.0586. The number of hydrogen-bond donors (Lipinski definition) is 2. The van der Waals surface area contributed by atoms with Crippen LogP contribution >= 0.6 is 0 Å². The number of benzene rings is 2. The Balaban J connectivity index is 1.29. The van der Waals surface area contributed by atoms with Crippen molar-refractivity contribution in [2.75, 3.05) is 13.2 Å². The lowest BCUT2D eigenvalue weighted by Crippen LogP contribution is -2.40. The van der Waals surface area contributed by atoms with Gasteiger partial charge in [-0.25, -0.2) is 4.79 Å². The van der Waals surface area contributed by atoms with E-state index in [-0.39, 0.29) is 12.1 Å². The molecular formula is C21H22N4O3. The number of nitrogens with one attached hydrogen (secondary N) is 2. The average molecular weight is 378 g/mol. The molecule has 1 atom stereocenters. The number of carbonyl (C=O) groups excluding carboxylic acids is 1. The van der Waals surface area contributed by atoms with Gasteiger partial charge in [0.05, 0.1) is 12.6 Å². The molecule has 2 N–H and O–H groups in total. The highest BCUT2D eigenvalue weighted by Gasteiger charge is 2.24. The van der Waals surface area contributed by atoms with Crippen molar-refractivity contribution in [2.24, 2.45) is 0 Å². The minimum Gasteiger partial charge on any atom is -0.493 e. The molecule has 7 nitrogen and oxygen atoms in total. The van der Waals surface area contributed by atoms with Gasteiger partial charge in [0.2, 0.25) is 11.8 Å². The van der Waals surface area contributed by atoms with E-state index in [9.17, 15) is 4.79 Å². The molecule has 1 aliphatic heterocycles. The van der Waals surface area contributed by atoms with Crippen LogP contribution in [0, 0.1) is 6.92 Å². The van der Waals surface area contributed by atoms with Gasteiger partial charge in [0.1, 0.15) is 5.75 Å². The molecule has 1 aromatic heterocycles. The third-order valence-corrected chi connectivity index (χ3v) is 4.69. The van der Waals surface area contributed by atoms with Crippen LogP contribution in [0.4, 0.5) is 4.79 Å². The predicted molar refractivity (Wildman–Crippen MR) is 104 cm³/mol. The smallest absolute Gasteiger partial charge is 0.315 e. The molecule has 7 heteroatoms. The second kappa shape index (κ2) is 8.12. The number of nitrogens with zero attached hydrogens (tertiary/aromatic N) is 2. The standard InChI is InChI=1S/C21H22N4O3/c1-14-6-5-9-16-17(11-13-27-19(14)16)23-21(26)22-12-10-18-24-25-20(28-18)15-7-3-2-4-8-15/h2-9,17H,10-13H2,1H3,(H2,22,23,26)/t17-/m0/s1. The summed E-state index contributed by atoms with van der Waals surface area (Å²) in [7, 11) is 0. The van der Waals surface area contributed by atoms with Crippen LogP contribution in [-0.2, 0) is 6.42 Å². The summed E-state index contributed by atoms with van der Waals surface area (Å²) in [4.78, 5) is 12.3. The molecule has 2 amide bonds. The molecule has 3 aromatic rings. The second-order valence-electron chi connectivity index (χ2n) is 6.70. The fourth-order valence-corrected chi connectivity index (χ4v) is 3.28. The lowest BCUT2D eigenvalue weighted by molar-refractivity contribution is 0.223. The molecule has 0 unspecified atom stereocenters. The van der Waals surface area contributed by atoms with Crippen molar-refractivity contribution in [3.05, 3.63) is 65.5 Å². The van der Waals surface area contributed by atoms with Crippen molar-refractivity contribution in [3.63, 3.8) is 0 Å². The summed E-state index contributed by atoms with van der Waals surface area (Å²) in [6.07, 6.45) is 1.21. The molecule has 0 saturated heterocycles. The molecular weight excluding hydrogens is 356 g/mol. The zero-order valence-corrected chi connectivity index (χ0v) is 15.6. The van der Waals surface area contributed by atoms with Gasteiger partial charge < -0.3 is 19.8 Å². The predicted octanol–water partition coefficient (Wildman–Crippen LogP) is 3.41. The number of rotatable bonds is 5. The maximum Gasteiger partial charge on any atom is 0.315 e. The Morgan fingerprint density at radius 3 is 2.86 bits per heavy atom. The van der Waals surface area contributed by atoms with Gasteiger partial charge >= 0.3 is 6.03 Å². The Labute approximate surface area is 163 Å². The van der Waals surface area contributed by atoms with E-state index in [0.29, 0.717) is 31.4 Å². The molecule has 4 rings (SSSR count). The van der Waals surface area contributed by atoms with Crippen molar-refractivity contribution in [2.45, 2.75) is 25.8 Å². The number of aromatic nitrogens is 2. The largest absolute Gasteiger partial charge is 0.493 e. The molecule has 28 heavy (non-hydrogen) atoms. The summed E-state index contributed by atoms with van der Waals surface area (Å²) >= 11 is 0. The van der Waals surface area contributed by atoms with E-state index in [1.807, 2.05) is 55.5 Å². The van der Waals surface area contributed by atoms with E-state index < -0.39 is 0 Å². The molecule has 2 aromatic carbocycles. The van der Waals surface area contributed by atoms with Crippen molar-refractivity contribution in [3.8, 4) is 17.2 Å². The molecule has 0 fully saturated rings. The van der Waals surface area contributed by atoms with E-state index in [1.54, 1.807) is 0 Å².